The second-order valence-electron chi connectivity index (χ2n) is 8.21. The van der Waals surface area contributed by atoms with Crippen LogP contribution < -0.4 is 5.32 Å². The summed E-state index contributed by atoms with van der Waals surface area (Å²) >= 11 is 7.59. The molecule has 2 heterocycles. The van der Waals surface area contributed by atoms with Gasteiger partial charge in [-0.2, -0.15) is 0 Å². The highest BCUT2D eigenvalue weighted by atomic mass is 35.5. The van der Waals surface area contributed by atoms with Gasteiger partial charge >= 0.3 is 0 Å². The van der Waals surface area contributed by atoms with Crippen LogP contribution in [0.2, 0.25) is 5.02 Å². The predicted octanol–water partition coefficient (Wildman–Crippen LogP) is 5.23. The number of amides is 2. The molecule has 1 saturated heterocycles. The fourth-order valence-corrected chi connectivity index (χ4v) is 5.39. The second kappa shape index (κ2) is 10.4. The molecule has 0 spiro atoms. The molecular weight excluding hydrogens is 480 g/mol. The van der Waals surface area contributed by atoms with Gasteiger partial charge in [0.2, 0.25) is 5.91 Å². The minimum atomic E-state index is -0.148. The van der Waals surface area contributed by atoms with Gasteiger partial charge in [0.05, 0.1) is 17.8 Å². The smallest absolute Gasteiger partial charge is 0.251 e. The lowest BCUT2D eigenvalue weighted by atomic mass is 10.1. The highest BCUT2D eigenvalue weighted by Crippen LogP contribution is 2.39. The van der Waals surface area contributed by atoms with E-state index >= 15 is 0 Å². The Morgan fingerprint density at radius 1 is 1.06 bits per heavy atom. The van der Waals surface area contributed by atoms with E-state index in [2.05, 4.69) is 10.3 Å². The average Bonchev–Trinajstić information content (AvgIpc) is 3.55. The van der Waals surface area contributed by atoms with Gasteiger partial charge in [0.1, 0.15) is 5.37 Å². The molecule has 2 amide bonds. The van der Waals surface area contributed by atoms with Crippen molar-refractivity contribution in [1.29, 1.82) is 0 Å². The van der Waals surface area contributed by atoms with Crippen molar-refractivity contribution in [2.75, 3.05) is 5.75 Å². The summed E-state index contributed by atoms with van der Waals surface area (Å²) in [6, 6.07) is 22.9. The first kappa shape index (κ1) is 23.2. The number of nitrogens with zero attached hydrogens (tertiary/aromatic N) is 3. The van der Waals surface area contributed by atoms with Gasteiger partial charge in [-0.15, -0.1) is 11.8 Å². The van der Waals surface area contributed by atoms with E-state index in [-0.39, 0.29) is 17.2 Å². The largest absolute Gasteiger partial charge is 0.348 e. The molecule has 8 heteroatoms. The Morgan fingerprint density at radius 2 is 1.83 bits per heavy atom. The van der Waals surface area contributed by atoms with Crippen LogP contribution in [0.1, 0.15) is 32.4 Å². The molecule has 5 rings (SSSR count). The average molecular weight is 503 g/mol. The fourth-order valence-electron chi connectivity index (χ4n) is 4.08. The molecule has 0 saturated carbocycles. The van der Waals surface area contributed by atoms with E-state index in [0.29, 0.717) is 29.4 Å². The van der Waals surface area contributed by atoms with E-state index in [9.17, 15) is 9.59 Å². The molecule has 1 aromatic heterocycles. The Morgan fingerprint density at radius 3 is 2.57 bits per heavy atom. The highest BCUT2D eigenvalue weighted by molar-refractivity contribution is 8.00. The molecule has 3 aromatic carbocycles. The first-order valence-electron chi connectivity index (χ1n) is 11.2. The van der Waals surface area contributed by atoms with E-state index in [1.807, 2.05) is 88.5 Å². The third-order valence-corrected chi connectivity index (χ3v) is 7.41. The third kappa shape index (κ3) is 5.26. The zero-order chi connectivity index (χ0) is 24.2. The van der Waals surface area contributed by atoms with E-state index in [4.69, 9.17) is 11.6 Å². The lowest BCUT2D eigenvalue weighted by Crippen LogP contribution is -2.27. The van der Waals surface area contributed by atoms with Gasteiger partial charge in [-0.25, -0.2) is 4.98 Å². The monoisotopic (exact) mass is 502 g/mol. The number of hydrogen-bond donors (Lipinski definition) is 1. The molecule has 1 fully saturated rings. The highest BCUT2D eigenvalue weighted by Gasteiger charge is 2.32. The summed E-state index contributed by atoms with van der Waals surface area (Å²) in [5.74, 6) is 0.398. The molecule has 4 aromatic rings. The number of thioether (sulfide) groups is 1. The number of carbonyl (C=O) groups excluding carboxylic acids is 2. The SMILES string of the molecule is O=C(NCc1ccccc1-n1ccnc1)c1ccc([C@@H]2SCC(=O)N2Cc2ccc(Cl)cc2)cc1. The van der Waals surface area contributed by atoms with E-state index in [1.165, 1.54) is 0 Å². The van der Waals surface area contributed by atoms with Crippen LogP contribution in [-0.4, -0.2) is 32.0 Å². The van der Waals surface area contributed by atoms with Gasteiger partial charge in [-0.05, 0) is 47.0 Å². The molecule has 176 valence electrons. The molecule has 1 aliphatic heterocycles. The minimum absolute atomic E-state index is 0.0858. The van der Waals surface area contributed by atoms with Crippen LogP contribution in [0.3, 0.4) is 0 Å². The van der Waals surface area contributed by atoms with Crippen molar-refractivity contribution >= 4 is 35.2 Å². The normalized spacial score (nSPS) is 15.4. The second-order valence-corrected chi connectivity index (χ2v) is 9.72. The number of benzene rings is 3. The van der Waals surface area contributed by atoms with Crippen LogP contribution in [-0.2, 0) is 17.9 Å². The number of imidazole rings is 1. The first-order chi connectivity index (χ1) is 17.1. The summed E-state index contributed by atoms with van der Waals surface area (Å²) < 4.78 is 1.92. The lowest BCUT2D eigenvalue weighted by molar-refractivity contribution is -0.128. The summed E-state index contributed by atoms with van der Waals surface area (Å²) in [6.07, 6.45) is 5.34. The van der Waals surface area contributed by atoms with Crippen LogP contribution in [0.25, 0.3) is 5.69 Å². The molecule has 0 aliphatic carbocycles. The molecule has 35 heavy (non-hydrogen) atoms. The number of carbonyl (C=O) groups is 2. The van der Waals surface area contributed by atoms with E-state index in [0.717, 1.165) is 22.4 Å². The molecule has 1 atom stereocenters. The van der Waals surface area contributed by atoms with Gasteiger partial charge in [0.15, 0.2) is 0 Å². The maximum atomic E-state index is 12.8. The van der Waals surface area contributed by atoms with Crippen molar-refractivity contribution < 1.29 is 9.59 Å². The number of para-hydroxylation sites is 1. The topological polar surface area (TPSA) is 67.2 Å². The number of nitrogens with one attached hydrogen (secondary N) is 1. The predicted molar refractivity (Wildman–Crippen MR) is 138 cm³/mol. The lowest BCUT2D eigenvalue weighted by Gasteiger charge is -2.24. The van der Waals surface area contributed by atoms with Crippen LogP contribution in [0, 0.1) is 0 Å². The molecule has 1 N–H and O–H groups in total. The number of halogens is 1. The summed E-state index contributed by atoms with van der Waals surface area (Å²) in [6.45, 7) is 0.920. The Balaban J connectivity index is 1.25. The number of aromatic nitrogens is 2. The Kier molecular flexibility index (Phi) is 6.88. The quantitative estimate of drug-likeness (QED) is 0.376. The van der Waals surface area contributed by atoms with E-state index < -0.39 is 0 Å². The van der Waals surface area contributed by atoms with Gasteiger partial charge < -0.3 is 14.8 Å². The Bertz CT molecular complexity index is 1320. The summed E-state index contributed by atoms with van der Waals surface area (Å²) in [5.41, 5.74) is 4.57. The molecule has 1 aliphatic rings. The Hall–Kier alpha value is -3.55. The minimum Gasteiger partial charge on any atom is -0.348 e. The van der Waals surface area contributed by atoms with Crippen molar-refractivity contribution in [2.24, 2.45) is 0 Å². The maximum absolute atomic E-state index is 12.8. The van der Waals surface area contributed by atoms with Gasteiger partial charge in [-0.3, -0.25) is 9.59 Å². The van der Waals surface area contributed by atoms with Gasteiger partial charge in [0, 0.05) is 36.1 Å². The molecule has 0 bridgehead atoms. The maximum Gasteiger partial charge on any atom is 0.251 e. The van der Waals surface area contributed by atoms with Crippen molar-refractivity contribution in [2.45, 2.75) is 18.5 Å². The molecule has 0 radical (unpaired) electrons. The van der Waals surface area contributed by atoms with Crippen molar-refractivity contribution in [3.63, 3.8) is 0 Å². The number of rotatable bonds is 7. The van der Waals surface area contributed by atoms with Crippen molar-refractivity contribution in [1.82, 2.24) is 19.8 Å². The van der Waals surface area contributed by atoms with Crippen LogP contribution in [0.5, 0.6) is 0 Å². The molecule has 0 unspecified atom stereocenters. The molecule has 6 nitrogen and oxygen atoms in total. The van der Waals surface area contributed by atoms with Gasteiger partial charge in [-0.1, -0.05) is 54.1 Å². The standard InChI is InChI=1S/C27H23ClN4O2S/c28-23-11-5-19(6-12-23)16-32-25(33)17-35-27(32)21-9-7-20(8-10-21)26(34)30-15-22-3-1-2-4-24(22)31-14-13-29-18-31/h1-14,18,27H,15-17H2,(H,30,34)/t27-/m0/s1. The van der Waals surface area contributed by atoms with Crippen molar-refractivity contribution in [3.05, 3.63) is 119 Å². The number of hydrogen-bond acceptors (Lipinski definition) is 4. The van der Waals surface area contributed by atoms with Crippen LogP contribution >= 0.6 is 23.4 Å². The third-order valence-electron chi connectivity index (χ3n) is 5.91. The zero-order valence-electron chi connectivity index (χ0n) is 18.8. The summed E-state index contributed by atoms with van der Waals surface area (Å²) in [5, 5.41) is 3.59. The van der Waals surface area contributed by atoms with Crippen LogP contribution in [0.15, 0.2) is 91.5 Å². The summed E-state index contributed by atoms with van der Waals surface area (Å²) in [7, 11) is 0. The Labute approximate surface area is 212 Å². The molecular formula is C27H23ClN4O2S. The first-order valence-corrected chi connectivity index (χ1v) is 12.6. The van der Waals surface area contributed by atoms with Gasteiger partial charge in [0.25, 0.3) is 5.91 Å². The summed E-state index contributed by atoms with van der Waals surface area (Å²) in [4.78, 5) is 31.3. The van der Waals surface area contributed by atoms with E-state index in [1.54, 1.807) is 24.3 Å². The van der Waals surface area contributed by atoms with Crippen LogP contribution in [0.4, 0.5) is 0 Å². The van der Waals surface area contributed by atoms with Crippen molar-refractivity contribution in [3.8, 4) is 5.69 Å². The fraction of sp³-hybridized carbons (Fsp3) is 0.148. The zero-order valence-corrected chi connectivity index (χ0v) is 20.4.